The Balaban J connectivity index is 1.37. The number of fused-ring (bicyclic) bond motifs is 1. The standard InChI is InChI=1S/C30H28N4O5/c1-18-6-9-21(10-7-18)34-30(36)29(19(2)33(34)3)25(35)14-20-8-11-22(17-32-20)39-26-12-13-31-24-16-28(38-5)27(37-4)15-23(24)26/h6-13,15-17H,14H2,1-5H3. The van der Waals surface area contributed by atoms with Crippen LogP contribution in [-0.2, 0) is 13.5 Å². The smallest absolute Gasteiger partial charge is 0.282 e. The van der Waals surface area contributed by atoms with Gasteiger partial charge in [-0.2, -0.15) is 0 Å². The Bertz CT molecular complexity index is 1740. The summed E-state index contributed by atoms with van der Waals surface area (Å²) < 4.78 is 20.1. The first-order valence-corrected chi connectivity index (χ1v) is 12.3. The van der Waals surface area contributed by atoms with E-state index in [1.807, 2.05) is 37.3 Å². The fourth-order valence-electron chi connectivity index (χ4n) is 4.50. The first-order chi connectivity index (χ1) is 18.8. The van der Waals surface area contributed by atoms with Gasteiger partial charge < -0.3 is 14.2 Å². The lowest BCUT2D eigenvalue weighted by Gasteiger charge is -2.12. The van der Waals surface area contributed by atoms with Crippen LogP contribution in [0, 0.1) is 13.8 Å². The molecule has 0 radical (unpaired) electrons. The number of nitrogens with zero attached hydrogens (tertiary/aromatic N) is 4. The van der Waals surface area contributed by atoms with Crippen LogP contribution in [0.15, 0.2) is 71.8 Å². The van der Waals surface area contributed by atoms with Gasteiger partial charge in [0.25, 0.3) is 5.56 Å². The Morgan fingerprint density at radius 3 is 2.28 bits per heavy atom. The molecule has 3 aromatic heterocycles. The summed E-state index contributed by atoms with van der Waals surface area (Å²) in [5.41, 5.74) is 3.42. The third-order valence-corrected chi connectivity index (χ3v) is 6.68. The lowest BCUT2D eigenvalue weighted by Crippen LogP contribution is -2.23. The van der Waals surface area contributed by atoms with Gasteiger partial charge in [-0.3, -0.25) is 24.2 Å². The van der Waals surface area contributed by atoms with Gasteiger partial charge in [0.1, 0.15) is 17.1 Å². The third kappa shape index (κ3) is 4.86. The summed E-state index contributed by atoms with van der Waals surface area (Å²) >= 11 is 0. The van der Waals surface area contributed by atoms with Crippen molar-refractivity contribution in [3.05, 3.63) is 99.9 Å². The molecule has 0 fully saturated rings. The molecule has 5 aromatic rings. The van der Waals surface area contributed by atoms with E-state index in [1.165, 1.54) is 4.68 Å². The fraction of sp³-hybridized carbons (Fsp3) is 0.200. The molecule has 9 heteroatoms. The molecule has 0 aliphatic rings. The van der Waals surface area contributed by atoms with Crippen molar-refractivity contribution >= 4 is 16.7 Å². The van der Waals surface area contributed by atoms with E-state index in [0.29, 0.717) is 45.6 Å². The Hall–Kier alpha value is -4.92. The van der Waals surface area contributed by atoms with Gasteiger partial charge in [-0.05, 0) is 50.2 Å². The van der Waals surface area contributed by atoms with Crippen LogP contribution in [0.3, 0.4) is 0 Å². The number of benzene rings is 2. The van der Waals surface area contributed by atoms with Crippen molar-refractivity contribution in [2.45, 2.75) is 20.3 Å². The molecule has 0 atom stereocenters. The number of Topliss-reactive ketones (excluding diaryl/α,β-unsaturated/α-hetero) is 1. The van der Waals surface area contributed by atoms with E-state index < -0.39 is 0 Å². The van der Waals surface area contributed by atoms with Crippen molar-refractivity contribution < 1.29 is 19.0 Å². The summed E-state index contributed by atoms with van der Waals surface area (Å²) in [5, 5.41) is 0.749. The monoisotopic (exact) mass is 524 g/mol. The number of ether oxygens (including phenoxy) is 3. The Kier molecular flexibility index (Phi) is 6.89. The molecular weight excluding hydrogens is 496 g/mol. The van der Waals surface area contributed by atoms with Gasteiger partial charge in [0, 0.05) is 36.1 Å². The average molecular weight is 525 g/mol. The molecule has 0 N–H and O–H groups in total. The van der Waals surface area contributed by atoms with E-state index in [4.69, 9.17) is 14.2 Å². The highest BCUT2D eigenvalue weighted by molar-refractivity contribution is 5.98. The van der Waals surface area contributed by atoms with Gasteiger partial charge in [-0.15, -0.1) is 0 Å². The largest absolute Gasteiger partial charge is 0.493 e. The van der Waals surface area contributed by atoms with Crippen molar-refractivity contribution in [1.82, 2.24) is 19.3 Å². The summed E-state index contributed by atoms with van der Waals surface area (Å²) in [7, 11) is 4.91. The minimum absolute atomic E-state index is 0.0105. The normalized spacial score (nSPS) is 11.0. The van der Waals surface area contributed by atoms with Gasteiger partial charge >= 0.3 is 0 Å². The Morgan fingerprint density at radius 1 is 0.897 bits per heavy atom. The van der Waals surface area contributed by atoms with E-state index in [0.717, 1.165) is 10.9 Å². The highest BCUT2D eigenvalue weighted by atomic mass is 16.5. The van der Waals surface area contributed by atoms with Crippen molar-refractivity contribution in [2.24, 2.45) is 7.05 Å². The zero-order valence-electron chi connectivity index (χ0n) is 22.4. The molecule has 2 aromatic carbocycles. The molecule has 0 amide bonds. The van der Waals surface area contributed by atoms with Crippen LogP contribution >= 0.6 is 0 Å². The van der Waals surface area contributed by atoms with Crippen LogP contribution in [0.25, 0.3) is 16.6 Å². The van der Waals surface area contributed by atoms with Crippen molar-refractivity contribution in [3.63, 3.8) is 0 Å². The van der Waals surface area contributed by atoms with E-state index in [-0.39, 0.29) is 23.3 Å². The summed E-state index contributed by atoms with van der Waals surface area (Å²) in [6.45, 7) is 3.75. The van der Waals surface area contributed by atoms with Crippen LogP contribution in [0.5, 0.6) is 23.0 Å². The lowest BCUT2D eigenvalue weighted by molar-refractivity contribution is 0.0990. The summed E-state index contributed by atoms with van der Waals surface area (Å²) in [6.07, 6.45) is 3.19. The van der Waals surface area contributed by atoms with Gasteiger partial charge in [0.2, 0.25) is 0 Å². The maximum absolute atomic E-state index is 13.2. The van der Waals surface area contributed by atoms with E-state index in [2.05, 4.69) is 9.97 Å². The summed E-state index contributed by atoms with van der Waals surface area (Å²) in [5.74, 6) is 1.91. The molecule has 0 aliphatic carbocycles. The van der Waals surface area contributed by atoms with Crippen molar-refractivity contribution in [1.29, 1.82) is 0 Å². The number of ketones is 1. The van der Waals surface area contributed by atoms with Gasteiger partial charge in [-0.25, -0.2) is 4.68 Å². The first-order valence-electron chi connectivity index (χ1n) is 12.3. The number of rotatable bonds is 8. The predicted molar refractivity (Wildman–Crippen MR) is 148 cm³/mol. The molecule has 0 saturated carbocycles. The molecule has 198 valence electrons. The zero-order chi connectivity index (χ0) is 27.7. The molecule has 39 heavy (non-hydrogen) atoms. The second-order valence-electron chi connectivity index (χ2n) is 9.16. The SMILES string of the molecule is COc1cc2nccc(Oc3ccc(CC(=O)c4c(C)n(C)n(-c5ccc(C)cc5)c4=O)nc3)c2cc1OC. The lowest BCUT2D eigenvalue weighted by atomic mass is 10.1. The van der Waals surface area contributed by atoms with E-state index in [9.17, 15) is 9.59 Å². The first kappa shape index (κ1) is 25.7. The van der Waals surface area contributed by atoms with E-state index >= 15 is 0 Å². The second-order valence-corrected chi connectivity index (χ2v) is 9.16. The average Bonchev–Trinajstić information content (AvgIpc) is 3.17. The topological polar surface area (TPSA) is 97.5 Å². The molecule has 0 unspecified atom stereocenters. The third-order valence-electron chi connectivity index (χ3n) is 6.68. The summed E-state index contributed by atoms with van der Waals surface area (Å²) in [4.78, 5) is 35.3. The minimum Gasteiger partial charge on any atom is -0.493 e. The Morgan fingerprint density at radius 2 is 1.62 bits per heavy atom. The molecule has 0 bridgehead atoms. The number of pyridine rings is 2. The van der Waals surface area contributed by atoms with Gasteiger partial charge in [0.05, 0.1) is 38.0 Å². The number of carbonyl (C=O) groups excluding carboxylic acids is 1. The van der Waals surface area contributed by atoms with Gasteiger partial charge in [0.15, 0.2) is 17.3 Å². The Labute approximate surface area is 225 Å². The molecule has 0 saturated heterocycles. The predicted octanol–water partition coefficient (Wildman–Crippen LogP) is 4.97. The molecule has 0 spiro atoms. The number of hydrogen-bond acceptors (Lipinski definition) is 7. The highest BCUT2D eigenvalue weighted by Gasteiger charge is 2.22. The van der Waals surface area contributed by atoms with Crippen molar-refractivity contribution in [3.8, 4) is 28.7 Å². The molecular formula is C30H28N4O5. The quantitative estimate of drug-likeness (QED) is 0.264. The van der Waals surface area contributed by atoms with Crippen LogP contribution < -0.4 is 19.8 Å². The molecule has 5 rings (SSSR count). The molecule has 0 aliphatic heterocycles. The van der Waals surface area contributed by atoms with Crippen LogP contribution in [0.4, 0.5) is 0 Å². The fourth-order valence-corrected chi connectivity index (χ4v) is 4.50. The van der Waals surface area contributed by atoms with Gasteiger partial charge in [-0.1, -0.05) is 17.7 Å². The van der Waals surface area contributed by atoms with E-state index in [1.54, 1.807) is 69.5 Å². The maximum atomic E-state index is 13.2. The maximum Gasteiger partial charge on any atom is 0.282 e. The van der Waals surface area contributed by atoms with Crippen molar-refractivity contribution in [2.75, 3.05) is 14.2 Å². The highest BCUT2D eigenvalue weighted by Crippen LogP contribution is 2.36. The number of carbonyl (C=O) groups is 1. The number of aromatic nitrogens is 4. The minimum atomic E-state index is -0.347. The van der Waals surface area contributed by atoms with Crippen LogP contribution in [0.1, 0.15) is 27.3 Å². The molecule has 3 heterocycles. The number of aryl methyl sites for hydroxylation is 1. The summed E-state index contributed by atoms with van der Waals surface area (Å²) in [6, 6.07) is 16.4. The zero-order valence-corrected chi connectivity index (χ0v) is 22.4. The second kappa shape index (κ2) is 10.4. The van der Waals surface area contributed by atoms with Crippen LogP contribution in [-0.4, -0.2) is 39.3 Å². The number of methoxy groups -OCH3 is 2. The van der Waals surface area contributed by atoms with Crippen LogP contribution in [0.2, 0.25) is 0 Å². The number of hydrogen-bond donors (Lipinski definition) is 0. The molecule has 9 nitrogen and oxygen atoms in total.